The van der Waals surface area contributed by atoms with E-state index in [4.69, 9.17) is 25.8 Å². The van der Waals surface area contributed by atoms with Crippen LogP contribution in [0.2, 0.25) is 5.02 Å². The van der Waals surface area contributed by atoms with Crippen LogP contribution in [0.3, 0.4) is 0 Å². The van der Waals surface area contributed by atoms with Gasteiger partial charge in [-0.15, -0.1) is 0 Å². The lowest BCUT2D eigenvalue weighted by atomic mass is 9.94. The maximum atomic E-state index is 12.0. The normalized spacial score (nSPS) is 26.7. The van der Waals surface area contributed by atoms with Crippen molar-refractivity contribution in [1.29, 1.82) is 0 Å². The summed E-state index contributed by atoms with van der Waals surface area (Å²) in [6.45, 7) is 4.09. The van der Waals surface area contributed by atoms with Crippen molar-refractivity contribution >= 4 is 23.6 Å². The topological polar surface area (TPSA) is 89.2 Å². The minimum Gasteiger partial charge on any atom is -0.495 e. The Hall–Kier alpha value is -2.51. The highest BCUT2D eigenvalue weighted by Gasteiger charge is 2.53. The Balaban J connectivity index is 1.44. The van der Waals surface area contributed by atoms with Gasteiger partial charge in [0.05, 0.1) is 23.8 Å². The van der Waals surface area contributed by atoms with Gasteiger partial charge in [0.1, 0.15) is 11.9 Å². The summed E-state index contributed by atoms with van der Waals surface area (Å²) in [6, 6.07) is 5.82. The fourth-order valence-corrected chi connectivity index (χ4v) is 4.47. The summed E-state index contributed by atoms with van der Waals surface area (Å²) >= 11 is 6.09. The molecule has 2 N–H and O–H groups in total. The van der Waals surface area contributed by atoms with Gasteiger partial charge in [-0.3, -0.25) is 4.79 Å². The van der Waals surface area contributed by atoms with Gasteiger partial charge in [0.15, 0.2) is 0 Å². The lowest BCUT2D eigenvalue weighted by molar-refractivity contribution is -0.120. The molecule has 0 spiro atoms. The molecule has 0 saturated carbocycles. The van der Waals surface area contributed by atoms with E-state index in [-0.39, 0.29) is 35.9 Å². The average Bonchev–Trinajstić information content (AvgIpc) is 3.44. The zero-order valence-corrected chi connectivity index (χ0v) is 21.1. The third-order valence-electron chi connectivity index (χ3n) is 6.42. The molecule has 0 aliphatic carbocycles. The Morgan fingerprint density at radius 1 is 1.41 bits per heavy atom. The second-order valence-corrected chi connectivity index (χ2v) is 9.66. The van der Waals surface area contributed by atoms with Crippen LogP contribution in [0.4, 0.5) is 4.79 Å². The van der Waals surface area contributed by atoms with Crippen LogP contribution in [0.15, 0.2) is 42.0 Å². The number of halogens is 1. The summed E-state index contributed by atoms with van der Waals surface area (Å²) in [5.74, 6) is 0.684. The molecule has 2 amide bonds. The van der Waals surface area contributed by atoms with Gasteiger partial charge in [-0.2, -0.15) is 0 Å². The number of methoxy groups -OCH3 is 1. The second kappa shape index (κ2) is 11.8. The minimum atomic E-state index is -0.384. The van der Waals surface area contributed by atoms with E-state index in [1.54, 1.807) is 14.2 Å². The van der Waals surface area contributed by atoms with E-state index in [0.29, 0.717) is 30.0 Å². The Morgan fingerprint density at radius 2 is 2.21 bits per heavy atom. The molecule has 4 atom stereocenters. The molecule has 2 saturated heterocycles. The molecule has 2 aliphatic heterocycles. The number of epoxide rings is 1. The number of allylic oxidation sites excluding steroid dienone is 3. The largest absolute Gasteiger partial charge is 0.495 e. The fraction of sp³-hybridized carbons (Fsp3) is 0.538. The number of ether oxygens (including phenoxy) is 3. The van der Waals surface area contributed by atoms with Crippen LogP contribution in [0, 0.1) is 0 Å². The number of carbonyl (C=O) groups is 2. The Bertz CT molecular complexity index is 947. The first-order valence-electron chi connectivity index (χ1n) is 11.7. The van der Waals surface area contributed by atoms with Gasteiger partial charge in [-0.25, -0.2) is 4.79 Å². The van der Waals surface area contributed by atoms with Crippen molar-refractivity contribution < 1.29 is 23.8 Å². The number of carbonyl (C=O) groups excluding carboxylic acids is 2. The number of rotatable bonds is 11. The second-order valence-electron chi connectivity index (χ2n) is 9.25. The van der Waals surface area contributed by atoms with E-state index in [9.17, 15) is 9.59 Å². The standard InChI is InChI=1S/C26H35ClN2O5/c1-17(13-18-9-10-21(27)22(14-18)32-4)7-5-6-8-19-15-20(33-25(31)29-19)16-23-26(2,34-23)12-11-24(30)28-3/h5-7,9-10,14,19-20,23H,8,11-13,15-16H2,1-4H3,(H,28,30)(H,29,31)/b6-5+,17-7+/t19?,20-,23?,26?/m0/s1. The summed E-state index contributed by atoms with van der Waals surface area (Å²) in [6.07, 6.45) is 9.63. The quantitative estimate of drug-likeness (QED) is 0.346. The smallest absolute Gasteiger partial charge is 0.407 e. The van der Waals surface area contributed by atoms with Gasteiger partial charge < -0.3 is 24.8 Å². The number of cyclic esters (lactones) is 1. The molecule has 1 aromatic rings. The predicted molar refractivity (Wildman–Crippen MR) is 132 cm³/mol. The Morgan fingerprint density at radius 3 is 2.94 bits per heavy atom. The Labute approximate surface area is 206 Å². The van der Waals surface area contributed by atoms with Gasteiger partial charge in [0, 0.05) is 32.4 Å². The van der Waals surface area contributed by atoms with Gasteiger partial charge in [-0.05, 0) is 50.8 Å². The molecule has 7 nitrogen and oxygen atoms in total. The molecule has 34 heavy (non-hydrogen) atoms. The maximum absolute atomic E-state index is 12.0. The highest BCUT2D eigenvalue weighted by Crippen LogP contribution is 2.44. The van der Waals surface area contributed by atoms with E-state index in [0.717, 1.165) is 24.8 Å². The van der Waals surface area contributed by atoms with Crippen LogP contribution < -0.4 is 15.4 Å². The van der Waals surface area contributed by atoms with Crippen LogP contribution in [-0.2, 0) is 20.7 Å². The molecule has 8 heteroatoms. The molecule has 186 valence electrons. The van der Waals surface area contributed by atoms with Gasteiger partial charge in [0.2, 0.25) is 5.91 Å². The molecule has 0 aromatic heterocycles. The monoisotopic (exact) mass is 490 g/mol. The van der Waals surface area contributed by atoms with Crippen LogP contribution >= 0.6 is 11.6 Å². The molecule has 2 heterocycles. The third kappa shape index (κ3) is 7.50. The van der Waals surface area contributed by atoms with E-state index in [2.05, 4.69) is 29.7 Å². The Kier molecular flexibility index (Phi) is 9.03. The molecule has 0 bridgehead atoms. The first-order chi connectivity index (χ1) is 16.2. The van der Waals surface area contributed by atoms with Crippen molar-refractivity contribution in [3.05, 3.63) is 52.6 Å². The summed E-state index contributed by atoms with van der Waals surface area (Å²) in [4.78, 5) is 23.5. The molecule has 3 unspecified atom stereocenters. The molecule has 3 rings (SSSR count). The van der Waals surface area contributed by atoms with Crippen molar-refractivity contribution in [1.82, 2.24) is 10.6 Å². The molecular formula is C26H35ClN2O5. The van der Waals surface area contributed by atoms with Crippen molar-refractivity contribution in [3.8, 4) is 5.75 Å². The summed E-state index contributed by atoms with van der Waals surface area (Å²) in [5.41, 5.74) is 2.03. The number of nitrogens with one attached hydrogen (secondary N) is 2. The molecular weight excluding hydrogens is 456 g/mol. The molecule has 2 aliphatic rings. The highest BCUT2D eigenvalue weighted by atomic mass is 35.5. The molecule has 2 fully saturated rings. The SMILES string of the molecule is CNC(=O)CCC1(C)OC1C[C@@H]1CC(C/C=C/C=C(\C)Cc2ccc(Cl)c(OC)c2)NC(=O)O1. The van der Waals surface area contributed by atoms with Crippen LogP contribution in [0.5, 0.6) is 5.75 Å². The average molecular weight is 491 g/mol. The number of benzene rings is 1. The van der Waals surface area contributed by atoms with Gasteiger partial charge in [-0.1, -0.05) is 41.5 Å². The zero-order chi connectivity index (χ0) is 24.7. The zero-order valence-electron chi connectivity index (χ0n) is 20.4. The maximum Gasteiger partial charge on any atom is 0.407 e. The van der Waals surface area contributed by atoms with Crippen molar-refractivity contribution in [2.24, 2.45) is 0 Å². The van der Waals surface area contributed by atoms with Crippen LogP contribution in [-0.4, -0.2) is 50.0 Å². The number of hydrogen-bond acceptors (Lipinski definition) is 5. The van der Waals surface area contributed by atoms with Gasteiger partial charge in [0.25, 0.3) is 0 Å². The number of amides is 2. The minimum absolute atomic E-state index is 0.00722. The first-order valence-corrected chi connectivity index (χ1v) is 12.1. The van der Waals surface area contributed by atoms with Crippen molar-refractivity contribution in [2.45, 2.75) is 76.2 Å². The van der Waals surface area contributed by atoms with Crippen molar-refractivity contribution in [3.63, 3.8) is 0 Å². The lowest BCUT2D eigenvalue weighted by Crippen LogP contribution is -2.45. The van der Waals surface area contributed by atoms with Gasteiger partial charge >= 0.3 is 6.09 Å². The number of hydrogen-bond donors (Lipinski definition) is 2. The van der Waals surface area contributed by atoms with E-state index in [1.807, 2.05) is 31.2 Å². The van der Waals surface area contributed by atoms with Crippen LogP contribution in [0.25, 0.3) is 0 Å². The summed E-state index contributed by atoms with van der Waals surface area (Å²) < 4.78 is 16.6. The van der Waals surface area contributed by atoms with Crippen molar-refractivity contribution in [2.75, 3.05) is 14.2 Å². The third-order valence-corrected chi connectivity index (χ3v) is 6.73. The molecule has 1 aromatic carbocycles. The highest BCUT2D eigenvalue weighted by molar-refractivity contribution is 6.32. The lowest BCUT2D eigenvalue weighted by Gasteiger charge is -2.29. The molecule has 0 radical (unpaired) electrons. The first kappa shape index (κ1) is 26.1. The fourth-order valence-electron chi connectivity index (χ4n) is 4.28. The van der Waals surface area contributed by atoms with E-state index in [1.165, 1.54) is 5.57 Å². The predicted octanol–water partition coefficient (Wildman–Crippen LogP) is 4.72. The van der Waals surface area contributed by atoms with Crippen LogP contribution in [0.1, 0.15) is 51.5 Å². The number of alkyl carbamates (subject to hydrolysis) is 1. The van der Waals surface area contributed by atoms with E-state index < -0.39 is 0 Å². The van der Waals surface area contributed by atoms with E-state index >= 15 is 0 Å². The summed E-state index contributed by atoms with van der Waals surface area (Å²) in [7, 11) is 3.24. The summed E-state index contributed by atoms with van der Waals surface area (Å²) in [5, 5.41) is 6.13.